The molecule has 1 spiro atoms. The van der Waals surface area contributed by atoms with Crippen LogP contribution < -0.4 is 0 Å². The van der Waals surface area contributed by atoms with Gasteiger partial charge in [-0.15, -0.1) is 0 Å². The molecule has 2 saturated heterocycles. The molecule has 5 unspecified atom stereocenters. The quantitative estimate of drug-likeness (QED) is 0.604. The van der Waals surface area contributed by atoms with E-state index in [9.17, 15) is 4.79 Å². The van der Waals surface area contributed by atoms with E-state index in [4.69, 9.17) is 4.74 Å². The molecule has 5 aliphatic rings. The van der Waals surface area contributed by atoms with Gasteiger partial charge in [0.05, 0.1) is 11.7 Å². The van der Waals surface area contributed by atoms with Crippen molar-refractivity contribution >= 4 is 5.78 Å². The van der Waals surface area contributed by atoms with Crippen molar-refractivity contribution in [2.24, 2.45) is 17.3 Å². The molecule has 0 amide bonds. The first-order valence-corrected chi connectivity index (χ1v) is 6.03. The summed E-state index contributed by atoms with van der Waals surface area (Å²) in [7, 11) is 0. The van der Waals surface area contributed by atoms with Crippen molar-refractivity contribution in [2.45, 2.75) is 44.3 Å². The minimum atomic E-state index is -0.0185. The Bertz CT molecular complexity index is 386. The van der Waals surface area contributed by atoms with Crippen molar-refractivity contribution in [3.05, 3.63) is 12.2 Å². The molecule has 15 heavy (non-hydrogen) atoms. The molecule has 2 saturated carbocycles. The van der Waals surface area contributed by atoms with Crippen LogP contribution in [0.3, 0.4) is 0 Å². The fourth-order valence-corrected chi connectivity index (χ4v) is 4.76. The Morgan fingerprint density at radius 1 is 1.53 bits per heavy atom. The monoisotopic (exact) mass is 204 g/mol. The molecule has 2 heterocycles. The second-order valence-electron chi connectivity index (χ2n) is 6.05. The molecular formula is C13H16O2. The van der Waals surface area contributed by atoms with E-state index in [1.165, 1.54) is 6.42 Å². The van der Waals surface area contributed by atoms with Gasteiger partial charge in [-0.05, 0) is 44.6 Å². The van der Waals surface area contributed by atoms with Gasteiger partial charge in [-0.3, -0.25) is 4.79 Å². The molecule has 0 aromatic rings. The van der Waals surface area contributed by atoms with Crippen LogP contribution in [0.4, 0.5) is 0 Å². The number of allylic oxidation sites excluding steroid dienone is 2. The first-order valence-electron chi connectivity index (χ1n) is 6.03. The summed E-state index contributed by atoms with van der Waals surface area (Å²) in [4.78, 5) is 12.2. The lowest BCUT2D eigenvalue weighted by atomic mass is 9.60. The second kappa shape index (κ2) is 2.22. The zero-order chi connectivity index (χ0) is 10.3. The highest BCUT2D eigenvalue weighted by atomic mass is 16.5. The van der Waals surface area contributed by atoms with E-state index < -0.39 is 0 Å². The highest BCUT2D eigenvalue weighted by Gasteiger charge is 2.69. The number of carbonyl (C=O) groups is 1. The molecule has 5 atom stereocenters. The first kappa shape index (κ1) is 8.51. The average Bonchev–Trinajstić information content (AvgIpc) is 2.54. The van der Waals surface area contributed by atoms with E-state index >= 15 is 0 Å². The SMILES string of the molecule is CC12CC34CC1CC(O2)C3CC=CC4=O. The summed E-state index contributed by atoms with van der Waals surface area (Å²) in [6.07, 6.45) is 8.58. The van der Waals surface area contributed by atoms with Crippen LogP contribution in [0.2, 0.25) is 0 Å². The average molecular weight is 204 g/mol. The lowest BCUT2D eigenvalue weighted by Crippen LogP contribution is -2.50. The zero-order valence-electron chi connectivity index (χ0n) is 9.03. The standard InChI is InChI=1S/C13H16O2/c1-12-7-13-6-8(12)5-10(15-12)9(13)3-2-4-11(13)14/h2,4,8-10H,3,5-7H2,1H3. The van der Waals surface area contributed by atoms with Crippen LogP contribution in [0.5, 0.6) is 0 Å². The highest BCUT2D eigenvalue weighted by molar-refractivity contribution is 5.96. The van der Waals surface area contributed by atoms with Crippen LogP contribution in [0, 0.1) is 17.3 Å². The number of hydrogen-bond acceptors (Lipinski definition) is 2. The molecule has 3 aliphatic carbocycles. The Labute approximate surface area is 89.7 Å². The van der Waals surface area contributed by atoms with Crippen LogP contribution in [0.1, 0.15) is 32.6 Å². The van der Waals surface area contributed by atoms with Crippen molar-refractivity contribution in [2.75, 3.05) is 0 Å². The van der Waals surface area contributed by atoms with E-state index in [1.54, 1.807) is 0 Å². The summed E-state index contributed by atoms with van der Waals surface area (Å²) in [5, 5.41) is 0. The Hall–Kier alpha value is -0.630. The predicted octanol–water partition coefficient (Wildman–Crippen LogP) is 2.09. The van der Waals surface area contributed by atoms with Crippen LogP contribution >= 0.6 is 0 Å². The van der Waals surface area contributed by atoms with E-state index in [0.29, 0.717) is 23.7 Å². The van der Waals surface area contributed by atoms with Crippen LogP contribution in [0.15, 0.2) is 12.2 Å². The number of rotatable bonds is 0. The summed E-state index contributed by atoms with van der Waals surface area (Å²) < 4.78 is 6.17. The molecular weight excluding hydrogens is 188 g/mol. The summed E-state index contributed by atoms with van der Waals surface area (Å²) in [5.41, 5.74) is 0.0112. The van der Waals surface area contributed by atoms with Gasteiger partial charge in [0, 0.05) is 11.3 Å². The Balaban J connectivity index is 1.89. The Morgan fingerprint density at radius 2 is 2.40 bits per heavy atom. The Morgan fingerprint density at radius 3 is 3.20 bits per heavy atom. The third-order valence-corrected chi connectivity index (χ3v) is 5.39. The van der Waals surface area contributed by atoms with Crippen LogP contribution in [0.25, 0.3) is 0 Å². The molecule has 0 aromatic carbocycles. The maximum absolute atomic E-state index is 12.2. The third-order valence-electron chi connectivity index (χ3n) is 5.39. The molecule has 2 heteroatoms. The lowest BCUT2D eigenvalue weighted by molar-refractivity contribution is -0.155. The predicted molar refractivity (Wildman–Crippen MR) is 55.3 cm³/mol. The summed E-state index contributed by atoms with van der Waals surface area (Å²) >= 11 is 0. The summed E-state index contributed by atoms with van der Waals surface area (Å²) in [5.74, 6) is 1.52. The molecule has 0 radical (unpaired) electrons. The highest BCUT2D eigenvalue weighted by Crippen LogP contribution is 2.67. The fourth-order valence-electron chi connectivity index (χ4n) is 4.76. The van der Waals surface area contributed by atoms with Crippen LogP contribution in [-0.2, 0) is 9.53 Å². The van der Waals surface area contributed by atoms with Crippen LogP contribution in [-0.4, -0.2) is 17.5 Å². The van der Waals surface area contributed by atoms with Gasteiger partial charge < -0.3 is 4.74 Å². The molecule has 2 aliphatic heterocycles. The second-order valence-corrected chi connectivity index (χ2v) is 6.05. The summed E-state index contributed by atoms with van der Waals surface area (Å²) in [6, 6.07) is 0. The largest absolute Gasteiger partial charge is 0.371 e. The van der Waals surface area contributed by atoms with Crippen molar-refractivity contribution in [3.8, 4) is 0 Å². The van der Waals surface area contributed by atoms with Crippen molar-refractivity contribution in [1.82, 2.24) is 0 Å². The molecule has 5 rings (SSSR count). The maximum Gasteiger partial charge on any atom is 0.162 e. The van der Waals surface area contributed by atoms with Crippen molar-refractivity contribution in [1.29, 1.82) is 0 Å². The number of hydrogen-bond donors (Lipinski definition) is 0. The Kier molecular flexibility index (Phi) is 1.26. The molecule has 0 N–H and O–H groups in total. The summed E-state index contributed by atoms with van der Waals surface area (Å²) in [6.45, 7) is 2.22. The van der Waals surface area contributed by atoms with Gasteiger partial charge in [-0.2, -0.15) is 0 Å². The normalized spacial score (nSPS) is 60.1. The molecule has 4 fully saturated rings. The van der Waals surface area contributed by atoms with Gasteiger partial charge in [-0.1, -0.05) is 6.08 Å². The molecule has 4 bridgehead atoms. The van der Waals surface area contributed by atoms with E-state index in [1.807, 2.05) is 6.08 Å². The van der Waals surface area contributed by atoms with Gasteiger partial charge in [0.15, 0.2) is 5.78 Å². The third kappa shape index (κ3) is 0.770. The lowest BCUT2D eigenvalue weighted by Gasteiger charge is -2.47. The van der Waals surface area contributed by atoms with Gasteiger partial charge in [0.1, 0.15) is 0 Å². The molecule has 0 aromatic heterocycles. The molecule has 80 valence electrons. The minimum absolute atomic E-state index is 0.0185. The minimum Gasteiger partial charge on any atom is -0.371 e. The fraction of sp³-hybridized carbons (Fsp3) is 0.769. The van der Waals surface area contributed by atoms with Gasteiger partial charge in [0.25, 0.3) is 0 Å². The number of ketones is 1. The van der Waals surface area contributed by atoms with Gasteiger partial charge in [0.2, 0.25) is 0 Å². The molecule has 2 nitrogen and oxygen atoms in total. The topological polar surface area (TPSA) is 26.3 Å². The van der Waals surface area contributed by atoms with Crippen molar-refractivity contribution < 1.29 is 9.53 Å². The zero-order valence-corrected chi connectivity index (χ0v) is 9.03. The maximum atomic E-state index is 12.2. The van der Waals surface area contributed by atoms with Gasteiger partial charge in [-0.25, -0.2) is 0 Å². The number of ether oxygens (including phenoxy) is 1. The number of carbonyl (C=O) groups excluding carboxylic acids is 1. The smallest absolute Gasteiger partial charge is 0.162 e. The van der Waals surface area contributed by atoms with E-state index in [-0.39, 0.29) is 11.0 Å². The van der Waals surface area contributed by atoms with Crippen molar-refractivity contribution in [3.63, 3.8) is 0 Å². The van der Waals surface area contributed by atoms with Gasteiger partial charge >= 0.3 is 0 Å². The van der Waals surface area contributed by atoms with E-state index in [0.717, 1.165) is 19.3 Å². The first-order chi connectivity index (χ1) is 7.14. The van der Waals surface area contributed by atoms with E-state index in [2.05, 4.69) is 13.0 Å².